The molecule has 0 aromatic rings. The van der Waals surface area contributed by atoms with Gasteiger partial charge in [-0.1, -0.05) is 136 Å². The van der Waals surface area contributed by atoms with E-state index in [1.54, 1.807) is 0 Å². The Morgan fingerprint density at radius 2 is 0.889 bits per heavy atom. The molecular weight excluding hydrogens is 470 g/mol. The van der Waals surface area contributed by atoms with Crippen molar-refractivity contribution in [1.29, 1.82) is 0 Å². The van der Waals surface area contributed by atoms with Gasteiger partial charge >= 0.3 is 10.4 Å². The number of hydrogen-bond acceptors (Lipinski definition) is 4. The lowest BCUT2D eigenvalue weighted by molar-refractivity contribution is 0.143. The Morgan fingerprint density at radius 3 is 1.11 bits per heavy atom. The quantitative estimate of drug-likeness (QED) is 0.0930. The molecule has 2 unspecified atom stereocenters. The van der Waals surface area contributed by atoms with Crippen LogP contribution in [-0.2, 0) is 14.6 Å². The fourth-order valence-corrected chi connectivity index (χ4v) is 5.34. The van der Waals surface area contributed by atoms with Crippen molar-refractivity contribution >= 4 is 10.4 Å². The van der Waals surface area contributed by atoms with Gasteiger partial charge in [0.25, 0.3) is 0 Å². The van der Waals surface area contributed by atoms with Crippen LogP contribution in [0.1, 0.15) is 170 Å². The fourth-order valence-electron chi connectivity index (χ4n) is 5.04. The molecule has 0 radical (unpaired) electrons. The van der Waals surface area contributed by atoms with Crippen molar-refractivity contribution in [1.82, 2.24) is 4.90 Å². The predicted molar refractivity (Wildman–Crippen MR) is 158 cm³/mol. The molecule has 0 saturated heterocycles. The molecular formula is C30H65NO4S. The first kappa shape index (κ1) is 38.0. The third kappa shape index (κ3) is 28.4. The Hall–Kier alpha value is -0.170. The van der Waals surface area contributed by atoms with E-state index in [1.807, 2.05) is 0 Å². The molecule has 0 spiro atoms. The second kappa shape index (κ2) is 27.9. The second-order valence-electron chi connectivity index (χ2n) is 10.6. The van der Waals surface area contributed by atoms with Crippen LogP contribution in [0.4, 0.5) is 0 Å². The van der Waals surface area contributed by atoms with Gasteiger partial charge in [-0.05, 0) is 40.2 Å². The van der Waals surface area contributed by atoms with Gasteiger partial charge in [-0.25, -0.2) is 4.18 Å². The van der Waals surface area contributed by atoms with E-state index in [2.05, 4.69) is 43.7 Å². The average Bonchev–Trinajstić information content (AvgIpc) is 2.82. The number of nitrogens with zero attached hydrogens (tertiary/aromatic N) is 1. The zero-order valence-electron chi connectivity index (χ0n) is 25.2. The molecule has 0 aliphatic rings. The van der Waals surface area contributed by atoms with Gasteiger partial charge in [0.1, 0.15) is 0 Å². The molecule has 0 fully saturated rings. The first-order valence-electron chi connectivity index (χ1n) is 15.6. The van der Waals surface area contributed by atoms with E-state index in [9.17, 15) is 8.42 Å². The Morgan fingerprint density at radius 1 is 0.583 bits per heavy atom. The van der Waals surface area contributed by atoms with Gasteiger partial charge in [-0.2, -0.15) is 8.42 Å². The molecule has 36 heavy (non-hydrogen) atoms. The van der Waals surface area contributed by atoms with E-state index < -0.39 is 10.4 Å². The van der Waals surface area contributed by atoms with Gasteiger partial charge in [-0.3, -0.25) is 9.45 Å². The summed E-state index contributed by atoms with van der Waals surface area (Å²) in [5.74, 6) is 0. The maximum Gasteiger partial charge on any atom is 0.397 e. The topological polar surface area (TPSA) is 66.8 Å². The van der Waals surface area contributed by atoms with Crippen molar-refractivity contribution in [2.75, 3.05) is 13.2 Å². The van der Waals surface area contributed by atoms with Crippen LogP contribution in [0.2, 0.25) is 0 Å². The minimum absolute atomic E-state index is 0.0289. The largest absolute Gasteiger partial charge is 0.397 e. The van der Waals surface area contributed by atoms with E-state index >= 15 is 0 Å². The first-order valence-corrected chi connectivity index (χ1v) is 17.0. The molecule has 0 aliphatic heterocycles. The number of unbranched alkanes of at least 4 members (excludes halogenated alkanes) is 16. The standard InChI is InChI=1S/C28H59N.C2H6O4S/c1-6-9-11-13-15-17-19-21-23-25-27(4)29(8-3)28(5)26-24-22-20-18-16-14-12-10-7-2;1-2-6-7(3,4)5/h27-28H,6-26H2,1-5H3;2H2,1H3,(H,3,4,5). The van der Waals surface area contributed by atoms with E-state index in [0.29, 0.717) is 0 Å². The van der Waals surface area contributed by atoms with Crippen molar-refractivity contribution in [3.05, 3.63) is 0 Å². The molecule has 0 heterocycles. The second-order valence-corrected chi connectivity index (χ2v) is 11.7. The molecule has 6 heteroatoms. The maximum absolute atomic E-state index is 9.56. The third-order valence-corrected chi connectivity index (χ3v) is 7.75. The van der Waals surface area contributed by atoms with Crippen molar-refractivity contribution in [2.45, 2.75) is 182 Å². The van der Waals surface area contributed by atoms with Gasteiger partial charge in [0.05, 0.1) is 6.61 Å². The van der Waals surface area contributed by atoms with E-state index in [-0.39, 0.29) is 6.61 Å². The molecule has 1 N–H and O–H groups in total. The van der Waals surface area contributed by atoms with E-state index in [1.165, 1.54) is 142 Å². The summed E-state index contributed by atoms with van der Waals surface area (Å²) in [6.45, 7) is 14.6. The van der Waals surface area contributed by atoms with E-state index in [4.69, 9.17) is 4.55 Å². The van der Waals surface area contributed by atoms with Crippen molar-refractivity contribution in [3.8, 4) is 0 Å². The van der Waals surface area contributed by atoms with Crippen LogP contribution in [0.5, 0.6) is 0 Å². The molecule has 0 amide bonds. The Labute approximate surface area is 227 Å². The van der Waals surface area contributed by atoms with Gasteiger partial charge in [-0.15, -0.1) is 0 Å². The summed E-state index contributed by atoms with van der Waals surface area (Å²) < 4.78 is 30.7. The predicted octanol–water partition coefficient (Wildman–Crippen LogP) is 9.75. The summed E-state index contributed by atoms with van der Waals surface area (Å²) in [6, 6.07) is 1.52. The Kier molecular flexibility index (Phi) is 29.4. The third-order valence-electron chi connectivity index (χ3n) is 7.22. The monoisotopic (exact) mass is 535 g/mol. The van der Waals surface area contributed by atoms with Crippen LogP contribution in [0.15, 0.2) is 0 Å². The van der Waals surface area contributed by atoms with Crippen LogP contribution in [0.25, 0.3) is 0 Å². The summed E-state index contributed by atoms with van der Waals surface area (Å²) in [4.78, 5) is 2.77. The zero-order valence-corrected chi connectivity index (χ0v) is 26.1. The lowest BCUT2D eigenvalue weighted by Crippen LogP contribution is -2.40. The normalized spacial score (nSPS) is 13.4. The summed E-state index contributed by atoms with van der Waals surface area (Å²) >= 11 is 0. The highest BCUT2D eigenvalue weighted by Gasteiger charge is 2.17. The molecule has 0 aromatic carbocycles. The van der Waals surface area contributed by atoms with E-state index in [0.717, 1.165) is 12.1 Å². The highest BCUT2D eigenvalue weighted by molar-refractivity contribution is 7.80. The highest BCUT2D eigenvalue weighted by atomic mass is 32.3. The molecule has 0 saturated carbocycles. The van der Waals surface area contributed by atoms with Gasteiger partial charge < -0.3 is 0 Å². The van der Waals surface area contributed by atoms with Crippen LogP contribution in [-0.4, -0.2) is 43.1 Å². The zero-order chi connectivity index (χ0) is 27.5. The first-order chi connectivity index (χ1) is 17.2. The van der Waals surface area contributed by atoms with Gasteiger partial charge in [0, 0.05) is 12.1 Å². The van der Waals surface area contributed by atoms with Crippen LogP contribution < -0.4 is 0 Å². The maximum atomic E-state index is 9.56. The molecule has 0 aliphatic carbocycles. The van der Waals surface area contributed by atoms with Crippen LogP contribution in [0.3, 0.4) is 0 Å². The minimum atomic E-state index is -4.17. The summed E-state index contributed by atoms with van der Waals surface area (Å²) in [5.41, 5.74) is 0. The molecule has 0 bridgehead atoms. The molecule has 0 aromatic heterocycles. The molecule has 5 nitrogen and oxygen atoms in total. The smallest absolute Gasteiger partial charge is 0.298 e. The summed E-state index contributed by atoms with van der Waals surface area (Å²) in [7, 11) is -4.17. The average molecular weight is 536 g/mol. The highest BCUT2D eigenvalue weighted by Crippen LogP contribution is 2.19. The molecule has 2 atom stereocenters. The van der Waals surface area contributed by atoms with Crippen LogP contribution >= 0.6 is 0 Å². The SMILES string of the molecule is CCCCCCCCCCCC(C)N(CC)C(C)CCCCCCCCCCC.CCOS(=O)(=O)O. The van der Waals surface area contributed by atoms with Crippen molar-refractivity contribution in [2.24, 2.45) is 0 Å². The van der Waals surface area contributed by atoms with Crippen LogP contribution in [0, 0.1) is 0 Å². The van der Waals surface area contributed by atoms with Crippen molar-refractivity contribution in [3.63, 3.8) is 0 Å². The van der Waals surface area contributed by atoms with Gasteiger partial charge in [0.2, 0.25) is 0 Å². The molecule has 0 rings (SSSR count). The molecule has 220 valence electrons. The summed E-state index contributed by atoms with van der Waals surface area (Å²) in [6.07, 6.45) is 28.7. The Bertz CT molecular complexity index is 499. The lowest BCUT2D eigenvalue weighted by atomic mass is 10.0. The number of rotatable bonds is 25. The minimum Gasteiger partial charge on any atom is -0.298 e. The Balaban J connectivity index is 0. The van der Waals surface area contributed by atoms with Crippen molar-refractivity contribution < 1.29 is 17.2 Å². The van der Waals surface area contributed by atoms with Gasteiger partial charge in [0.15, 0.2) is 0 Å². The fraction of sp³-hybridized carbons (Fsp3) is 1.00. The summed E-state index contributed by atoms with van der Waals surface area (Å²) in [5, 5.41) is 0. The lowest BCUT2D eigenvalue weighted by Gasteiger charge is -2.34. The number of hydrogen-bond donors (Lipinski definition) is 1.